The molecule has 0 spiro atoms. The molecule has 0 aromatic heterocycles. The highest BCUT2D eigenvalue weighted by Gasteiger charge is 2.28. The molecule has 104 valence electrons. The second-order valence-corrected chi connectivity index (χ2v) is 4.37. The standard InChI is InChI=1S/C16H16O4/c1-5-16(4,13-9-7-6-8-10-13)20-14(17)11-19-15(18)12(2)3/h1,6-10H,2,11H2,3-4H3. The number of carbonyl (C=O) groups is 2. The Bertz CT molecular complexity index is 554. The number of rotatable bonds is 5. The smallest absolute Gasteiger partial charge is 0.346 e. The molecule has 0 heterocycles. The first-order valence-electron chi connectivity index (χ1n) is 5.97. The van der Waals surface area contributed by atoms with Crippen LogP contribution in [0.1, 0.15) is 19.4 Å². The van der Waals surface area contributed by atoms with Gasteiger partial charge in [0.1, 0.15) is 0 Å². The van der Waals surface area contributed by atoms with E-state index in [4.69, 9.17) is 15.9 Å². The molecule has 1 aromatic carbocycles. The third-order valence-electron chi connectivity index (χ3n) is 2.59. The van der Waals surface area contributed by atoms with Gasteiger partial charge in [-0.1, -0.05) is 42.8 Å². The van der Waals surface area contributed by atoms with Crippen LogP contribution in [0.4, 0.5) is 0 Å². The fourth-order valence-corrected chi connectivity index (χ4v) is 1.43. The van der Waals surface area contributed by atoms with E-state index in [9.17, 15) is 9.59 Å². The normalized spacial score (nSPS) is 12.7. The molecule has 0 radical (unpaired) electrons. The van der Waals surface area contributed by atoms with E-state index in [0.717, 1.165) is 0 Å². The Morgan fingerprint density at radius 1 is 1.35 bits per heavy atom. The van der Waals surface area contributed by atoms with Gasteiger partial charge in [-0.3, -0.25) is 0 Å². The highest BCUT2D eigenvalue weighted by molar-refractivity contribution is 5.88. The molecule has 4 heteroatoms. The maximum Gasteiger partial charge on any atom is 0.346 e. The lowest BCUT2D eigenvalue weighted by atomic mass is 9.97. The molecule has 20 heavy (non-hydrogen) atoms. The van der Waals surface area contributed by atoms with Gasteiger partial charge in [0.2, 0.25) is 0 Å². The molecular weight excluding hydrogens is 256 g/mol. The first-order chi connectivity index (χ1) is 9.39. The van der Waals surface area contributed by atoms with Crippen LogP contribution in [0, 0.1) is 12.3 Å². The summed E-state index contributed by atoms with van der Waals surface area (Å²) in [6.07, 6.45) is 5.44. The van der Waals surface area contributed by atoms with Crippen LogP contribution < -0.4 is 0 Å². The van der Waals surface area contributed by atoms with Gasteiger partial charge < -0.3 is 9.47 Å². The van der Waals surface area contributed by atoms with E-state index >= 15 is 0 Å². The monoisotopic (exact) mass is 272 g/mol. The maximum absolute atomic E-state index is 11.7. The zero-order chi connectivity index (χ0) is 15.2. The van der Waals surface area contributed by atoms with E-state index in [1.807, 2.05) is 6.07 Å². The summed E-state index contributed by atoms with van der Waals surface area (Å²) in [7, 11) is 0. The SMILES string of the molecule is C#CC(C)(OC(=O)COC(=O)C(=C)C)c1ccccc1. The van der Waals surface area contributed by atoms with Crippen molar-refractivity contribution in [2.24, 2.45) is 0 Å². The quantitative estimate of drug-likeness (QED) is 0.468. The van der Waals surface area contributed by atoms with Gasteiger partial charge >= 0.3 is 11.9 Å². The van der Waals surface area contributed by atoms with Crippen molar-refractivity contribution in [3.8, 4) is 12.3 Å². The number of esters is 2. The van der Waals surface area contributed by atoms with Crippen LogP contribution in [-0.2, 0) is 24.7 Å². The molecule has 0 aliphatic heterocycles. The molecule has 4 nitrogen and oxygen atoms in total. The lowest BCUT2D eigenvalue weighted by molar-refractivity contribution is -0.164. The number of hydrogen-bond donors (Lipinski definition) is 0. The summed E-state index contributed by atoms with van der Waals surface area (Å²) in [5, 5.41) is 0. The van der Waals surface area contributed by atoms with Crippen molar-refractivity contribution in [3.63, 3.8) is 0 Å². The van der Waals surface area contributed by atoms with Crippen molar-refractivity contribution in [1.29, 1.82) is 0 Å². The van der Waals surface area contributed by atoms with Gasteiger partial charge in [0.15, 0.2) is 12.2 Å². The fourth-order valence-electron chi connectivity index (χ4n) is 1.43. The summed E-state index contributed by atoms with van der Waals surface area (Å²) in [6.45, 7) is 6.00. The highest BCUT2D eigenvalue weighted by atomic mass is 16.6. The molecule has 0 saturated heterocycles. The summed E-state index contributed by atoms with van der Waals surface area (Å²) in [5.74, 6) is 1.07. The van der Waals surface area contributed by atoms with Gasteiger partial charge in [-0.15, -0.1) is 6.42 Å². The fraction of sp³-hybridized carbons (Fsp3) is 0.250. The molecule has 1 aromatic rings. The lowest BCUT2D eigenvalue weighted by Gasteiger charge is -2.24. The molecule has 0 fully saturated rings. The van der Waals surface area contributed by atoms with Crippen molar-refractivity contribution in [2.45, 2.75) is 19.4 Å². The second kappa shape index (κ2) is 6.58. The first kappa shape index (κ1) is 15.5. The summed E-state index contributed by atoms with van der Waals surface area (Å²) in [6, 6.07) is 8.93. The van der Waals surface area contributed by atoms with Gasteiger partial charge in [-0.25, -0.2) is 9.59 Å². The van der Waals surface area contributed by atoms with Crippen molar-refractivity contribution >= 4 is 11.9 Å². The molecule has 0 saturated carbocycles. The van der Waals surface area contributed by atoms with Crippen molar-refractivity contribution in [1.82, 2.24) is 0 Å². The van der Waals surface area contributed by atoms with E-state index in [2.05, 4.69) is 12.5 Å². The van der Waals surface area contributed by atoms with E-state index in [0.29, 0.717) is 5.56 Å². The van der Waals surface area contributed by atoms with Gasteiger partial charge in [0, 0.05) is 11.1 Å². The summed E-state index contributed by atoms with van der Waals surface area (Å²) in [4.78, 5) is 22.9. The molecule has 0 aliphatic rings. The largest absolute Gasteiger partial charge is 0.450 e. The van der Waals surface area contributed by atoms with Crippen LogP contribution in [0.15, 0.2) is 42.5 Å². The number of ether oxygens (including phenoxy) is 2. The molecule has 1 atom stereocenters. The van der Waals surface area contributed by atoms with Gasteiger partial charge in [-0.05, 0) is 13.8 Å². The van der Waals surface area contributed by atoms with Crippen molar-refractivity contribution in [2.75, 3.05) is 6.61 Å². The lowest BCUT2D eigenvalue weighted by Crippen LogP contribution is -2.30. The minimum Gasteiger partial charge on any atom is -0.450 e. The Kier molecular flexibility index (Phi) is 5.10. The number of hydrogen-bond acceptors (Lipinski definition) is 4. The Morgan fingerprint density at radius 2 is 1.95 bits per heavy atom. The minimum atomic E-state index is -1.20. The van der Waals surface area contributed by atoms with Gasteiger partial charge in [-0.2, -0.15) is 0 Å². The Morgan fingerprint density at radius 3 is 2.45 bits per heavy atom. The van der Waals surface area contributed by atoms with Crippen LogP contribution in [0.5, 0.6) is 0 Å². The highest BCUT2D eigenvalue weighted by Crippen LogP contribution is 2.24. The third kappa shape index (κ3) is 3.99. The number of terminal acetylenes is 1. The van der Waals surface area contributed by atoms with E-state index < -0.39 is 24.1 Å². The molecule has 0 bridgehead atoms. The predicted octanol–water partition coefficient (Wildman–Crippen LogP) is 2.20. The summed E-state index contributed by atoms with van der Waals surface area (Å²) in [5.41, 5.74) is -0.323. The summed E-state index contributed by atoms with van der Waals surface area (Å²) >= 11 is 0. The molecule has 1 unspecified atom stereocenters. The average molecular weight is 272 g/mol. The number of carbonyl (C=O) groups excluding carboxylic acids is 2. The molecular formula is C16H16O4. The van der Waals surface area contributed by atoms with Crippen LogP contribution in [-0.4, -0.2) is 18.5 Å². The maximum atomic E-state index is 11.7. The Balaban J connectivity index is 2.70. The zero-order valence-corrected chi connectivity index (χ0v) is 11.5. The first-order valence-corrected chi connectivity index (χ1v) is 5.97. The predicted molar refractivity (Wildman–Crippen MR) is 74.5 cm³/mol. The van der Waals surface area contributed by atoms with Crippen LogP contribution in [0.3, 0.4) is 0 Å². The van der Waals surface area contributed by atoms with E-state index in [-0.39, 0.29) is 5.57 Å². The van der Waals surface area contributed by atoms with Crippen LogP contribution in [0.25, 0.3) is 0 Å². The molecule has 0 aliphatic carbocycles. The third-order valence-corrected chi connectivity index (χ3v) is 2.59. The van der Waals surface area contributed by atoms with E-state index in [1.54, 1.807) is 31.2 Å². The topological polar surface area (TPSA) is 52.6 Å². The Hall–Kier alpha value is -2.54. The van der Waals surface area contributed by atoms with Crippen LogP contribution >= 0.6 is 0 Å². The second-order valence-electron chi connectivity index (χ2n) is 4.37. The van der Waals surface area contributed by atoms with Crippen molar-refractivity contribution < 1.29 is 19.1 Å². The minimum absolute atomic E-state index is 0.209. The van der Waals surface area contributed by atoms with Crippen LogP contribution in [0.2, 0.25) is 0 Å². The van der Waals surface area contributed by atoms with Gasteiger partial charge in [0.25, 0.3) is 0 Å². The number of benzene rings is 1. The summed E-state index contributed by atoms with van der Waals surface area (Å²) < 4.78 is 9.93. The van der Waals surface area contributed by atoms with Gasteiger partial charge in [0.05, 0.1) is 0 Å². The average Bonchev–Trinajstić information content (AvgIpc) is 2.45. The van der Waals surface area contributed by atoms with Crippen molar-refractivity contribution in [3.05, 3.63) is 48.0 Å². The Labute approximate surface area is 118 Å². The molecule has 0 amide bonds. The molecule has 1 rings (SSSR count). The zero-order valence-electron chi connectivity index (χ0n) is 11.5. The molecule has 0 N–H and O–H groups in total. The van der Waals surface area contributed by atoms with E-state index in [1.165, 1.54) is 6.92 Å².